The first-order chi connectivity index (χ1) is 9.79. The Labute approximate surface area is 123 Å². The zero-order valence-corrected chi connectivity index (χ0v) is 12.7. The molecule has 20 heavy (non-hydrogen) atoms. The molecule has 0 bridgehead atoms. The first-order valence-electron chi connectivity index (χ1n) is 8.01. The van der Waals surface area contributed by atoms with E-state index in [0.717, 1.165) is 12.6 Å². The van der Waals surface area contributed by atoms with Crippen LogP contribution in [0.15, 0.2) is 36.4 Å². The lowest BCUT2D eigenvalue weighted by Gasteiger charge is -2.35. The molecule has 1 aromatic rings. The van der Waals surface area contributed by atoms with E-state index < -0.39 is 0 Å². The second-order valence-electron chi connectivity index (χ2n) is 5.88. The van der Waals surface area contributed by atoms with Gasteiger partial charge in [-0.25, -0.2) is 0 Å². The van der Waals surface area contributed by atoms with Crippen molar-refractivity contribution in [1.29, 1.82) is 0 Å². The molecule has 1 aliphatic rings. The molecule has 1 saturated carbocycles. The van der Waals surface area contributed by atoms with E-state index in [9.17, 15) is 0 Å². The molecule has 0 heterocycles. The Morgan fingerprint density at radius 2 is 1.85 bits per heavy atom. The molecular weight excluding hydrogens is 244 g/mol. The molecule has 110 valence electrons. The van der Waals surface area contributed by atoms with Gasteiger partial charge in [0.25, 0.3) is 0 Å². The van der Waals surface area contributed by atoms with E-state index in [-0.39, 0.29) is 0 Å². The number of rotatable bonds is 6. The minimum Gasteiger partial charge on any atom is -0.328 e. The number of benzene rings is 1. The van der Waals surface area contributed by atoms with E-state index in [1.165, 1.54) is 44.2 Å². The highest BCUT2D eigenvalue weighted by Gasteiger charge is 2.22. The summed E-state index contributed by atoms with van der Waals surface area (Å²) < 4.78 is 0. The van der Waals surface area contributed by atoms with Gasteiger partial charge in [-0.05, 0) is 44.2 Å². The van der Waals surface area contributed by atoms with E-state index in [0.29, 0.717) is 6.04 Å². The zero-order chi connectivity index (χ0) is 14.2. The van der Waals surface area contributed by atoms with Gasteiger partial charge in [0.05, 0.1) is 0 Å². The highest BCUT2D eigenvalue weighted by atomic mass is 15.1. The van der Waals surface area contributed by atoms with Crippen LogP contribution in [0.25, 0.3) is 6.08 Å². The van der Waals surface area contributed by atoms with Crippen molar-refractivity contribution < 1.29 is 0 Å². The van der Waals surface area contributed by atoms with E-state index in [1.807, 2.05) is 0 Å². The molecule has 0 atom stereocenters. The highest BCUT2D eigenvalue weighted by Crippen LogP contribution is 2.22. The molecule has 2 N–H and O–H groups in total. The van der Waals surface area contributed by atoms with Crippen LogP contribution in [0.1, 0.15) is 44.6 Å². The Bertz CT molecular complexity index is 391. The maximum absolute atomic E-state index is 6.01. The minimum absolute atomic E-state index is 0.439. The quantitative estimate of drug-likeness (QED) is 0.856. The number of nitrogens with two attached hydrogens (primary N) is 1. The molecule has 2 nitrogen and oxygen atoms in total. The average Bonchev–Trinajstić information content (AvgIpc) is 2.48. The van der Waals surface area contributed by atoms with Gasteiger partial charge >= 0.3 is 0 Å². The van der Waals surface area contributed by atoms with Crippen molar-refractivity contribution in [3.63, 3.8) is 0 Å². The van der Waals surface area contributed by atoms with Crippen LogP contribution in [0, 0.1) is 0 Å². The minimum atomic E-state index is 0.439. The fourth-order valence-corrected chi connectivity index (χ4v) is 3.07. The van der Waals surface area contributed by atoms with Crippen LogP contribution in [-0.4, -0.2) is 30.1 Å². The third-order valence-electron chi connectivity index (χ3n) is 4.22. The summed E-state index contributed by atoms with van der Waals surface area (Å²) in [5, 5.41) is 0. The van der Waals surface area contributed by atoms with Gasteiger partial charge in [0.15, 0.2) is 0 Å². The van der Waals surface area contributed by atoms with Gasteiger partial charge in [0.1, 0.15) is 0 Å². The van der Waals surface area contributed by atoms with E-state index in [2.05, 4.69) is 54.3 Å². The topological polar surface area (TPSA) is 29.3 Å². The second kappa shape index (κ2) is 8.23. The largest absolute Gasteiger partial charge is 0.328 e. The summed E-state index contributed by atoms with van der Waals surface area (Å²) in [4.78, 5) is 2.63. The summed E-state index contributed by atoms with van der Waals surface area (Å²) in [5.74, 6) is 0. The molecule has 0 aromatic heterocycles. The van der Waals surface area contributed by atoms with Crippen LogP contribution in [0.5, 0.6) is 0 Å². The monoisotopic (exact) mass is 272 g/mol. The Balaban J connectivity index is 1.87. The van der Waals surface area contributed by atoms with Crippen LogP contribution >= 0.6 is 0 Å². The first kappa shape index (κ1) is 15.3. The first-order valence-corrected chi connectivity index (χ1v) is 8.01. The summed E-state index contributed by atoms with van der Waals surface area (Å²) in [6.45, 7) is 4.52. The molecule has 0 spiro atoms. The van der Waals surface area contributed by atoms with Crippen molar-refractivity contribution in [2.24, 2.45) is 5.73 Å². The Morgan fingerprint density at radius 3 is 2.50 bits per heavy atom. The smallest absolute Gasteiger partial charge is 0.0169 e. The Hall–Kier alpha value is -1.12. The molecule has 0 aliphatic heterocycles. The number of hydrogen-bond acceptors (Lipinski definition) is 2. The highest BCUT2D eigenvalue weighted by molar-refractivity contribution is 5.48. The van der Waals surface area contributed by atoms with E-state index >= 15 is 0 Å². The molecule has 2 heteroatoms. The molecular formula is C18H28N2. The average molecular weight is 272 g/mol. The molecule has 0 saturated heterocycles. The van der Waals surface area contributed by atoms with Gasteiger partial charge in [-0.15, -0.1) is 0 Å². The standard InChI is InChI=1S/C18H28N2/c1-2-14-20(18-12-10-17(19)11-13-18)15-6-9-16-7-4-3-5-8-16/h3-9,17-18H,2,10-15,19H2,1H3. The van der Waals surface area contributed by atoms with Gasteiger partial charge in [-0.3, -0.25) is 4.90 Å². The molecule has 0 amide bonds. The lowest BCUT2D eigenvalue weighted by Crippen LogP contribution is -2.41. The SMILES string of the molecule is CCCN(CC=Cc1ccccc1)C1CCC(N)CC1. The summed E-state index contributed by atoms with van der Waals surface area (Å²) in [5.41, 5.74) is 7.30. The normalized spacial score (nSPS) is 23.6. The number of hydrogen-bond donors (Lipinski definition) is 1. The summed E-state index contributed by atoms with van der Waals surface area (Å²) >= 11 is 0. The third-order valence-corrected chi connectivity index (χ3v) is 4.22. The molecule has 2 rings (SSSR count). The van der Waals surface area contributed by atoms with Gasteiger partial charge in [0, 0.05) is 18.6 Å². The number of nitrogens with zero attached hydrogens (tertiary/aromatic N) is 1. The van der Waals surface area contributed by atoms with Crippen LogP contribution in [0.2, 0.25) is 0 Å². The molecule has 1 aromatic carbocycles. The van der Waals surface area contributed by atoms with E-state index in [4.69, 9.17) is 5.73 Å². The van der Waals surface area contributed by atoms with Crippen molar-refractivity contribution in [1.82, 2.24) is 4.90 Å². The molecule has 1 aliphatic carbocycles. The predicted octanol–water partition coefficient (Wildman–Crippen LogP) is 3.68. The van der Waals surface area contributed by atoms with Gasteiger partial charge in [-0.1, -0.05) is 49.4 Å². The lowest BCUT2D eigenvalue weighted by atomic mass is 9.90. The molecule has 0 unspecified atom stereocenters. The molecule has 1 fully saturated rings. The van der Waals surface area contributed by atoms with Crippen molar-refractivity contribution in [3.8, 4) is 0 Å². The van der Waals surface area contributed by atoms with Gasteiger partial charge < -0.3 is 5.73 Å². The fourth-order valence-electron chi connectivity index (χ4n) is 3.07. The van der Waals surface area contributed by atoms with Crippen LogP contribution < -0.4 is 5.73 Å². The summed E-state index contributed by atoms with van der Waals surface area (Å²) in [6.07, 6.45) is 10.7. The van der Waals surface area contributed by atoms with Crippen LogP contribution in [0.4, 0.5) is 0 Å². The predicted molar refractivity (Wildman–Crippen MR) is 87.6 cm³/mol. The van der Waals surface area contributed by atoms with Crippen LogP contribution in [-0.2, 0) is 0 Å². The third kappa shape index (κ3) is 4.77. The second-order valence-corrected chi connectivity index (χ2v) is 5.88. The fraction of sp³-hybridized carbons (Fsp3) is 0.556. The maximum atomic E-state index is 6.01. The van der Waals surface area contributed by atoms with Crippen LogP contribution in [0.3, 0.4) is 0 Å². The lowest BCUT2D eigenvalue weighted by molar-refractivity contribution is 0.165. The van der Waals surface area contributed by atoms with Gasteiger partial charge in [-0.2, -0.15) is 0 Å². The van der Waals surface area contributed by atoms with Crippen molar-refractivity contribution in [2.75, 3.05) is 13.1 Å². The zero-order valence-electron chi connectivity index (χ0n) is 12.7. The Morgan fingerprint density at radius 1 is 1.15 bits per heavy atom. The van der Waals surface area contributed by atoms with Gasteiger partial charge in [0.2, 0.25) is 0 Å². The summed E-state index contributed by atoms with van der Waals surface area (Å²) in [6, 6.07) is 11.7. The van der Waals surface area contributed by atoms with E-state index in [1.54, 1.807) is 0 Å². The van der Waals surface area contributed by atoms with Crippen molar-refractivity contribution in [3.05, 3.63) is 42.0 Å². The molecule has 0 radical (unpaired) electrons. The Kier molecular flexibility index (Phi) is 6.28. The van der Waals surface area contributed by atoms with Crippen molar-refractivity contribution >= 4 is 6.08 Å². The summed E-state index contributed by atoms with van der Waals surface area (Å²) in [7, 11) is 0. The van der Waals surface area contributed by atoms with Crippen molar-refractivity contribution in [2.45, 2.75) is 51.1 Å². The maximum Gasteiger partial charge on any atom is 0.0169 e.